The molecule has 0 bridgehead atoms. The van der Waals surface area contributed by atoms with Crippen molar-refractivity contribution in [1.82, 2.24) is 0 Å². The molecule has 0 saturated carbocycles. The Morgan fingerprint density at radius 1 is 1.27 bits per heavy atom. The van der Waals surface area contributed by atoms with Gasteiger partial charge >= 0.3 is 5.97 Å². The lowest BCUT2D eigenvalue weighted by molar-refractivity contribution is 0.0600. The summed E-state index contributed by atoms with van der Waals surface area (Å²) in [4.78, 5) is 13.9. The van der Waals surface area contributed by atoms with E-state index in [1.165, 1.54) is 7.11 Å². The van der Waals surface area contributed by atoms with E-state index in [0.29, 0.717) is 18.7 Å². The molecule has 0 unspecified atom stereocenters. The third-order valence-corrected chi connectivity index (χ3v) is 3.73. The summed E-state index contributed by atoms with van der Waals surface area (Å²) in [5.41, 5.74) is 9.15. The molecule has 0 spiro atoms. The smallest absolute Gasteiger partial charge is 0.337 e. The number of carbonyl (C=O) groups is 1. The quantitative estimate of drug-likeness (QED) is 0.882. The minimum absolute atomic E-state index is 0.355. The topological polar surface area (TPSA) is 64.8 Å². The van der Waals surface area contributed by atoms with Crippen LogP contribution in [0.4, 0.5) is 11.4 Å². The van der Waals surface area contributed by atoms with Gasteiger partial charge in [-0.05, 0) is 35.9 Å². The highest BCUT2D eigenvalue weighted by atomic mass is 16.5. The van der Waals surface area contributed by atoms with E-state index in [0.717, 1.165) is 29.2 Å². The zero-order chi connectivity index (χ0) is 15.5. The number of hydrogen-bond donors (Lipinski definition) is 1. The molecular weight excluding hydrogens is 280 g/mol. The predicted octanol–water partition coefficient (Wildman–Crippen LogP) is 2.46. The summed E-state index contributed by atoms with van der Waals surface area (Å²) in [5.74, 6) is 0.411. The van der Waals surface area contributed by atoms with Crippen molar-refractivity contribution in [3.8, 4) is 5.75 Å². The third kappa shape index (κ3) is 2.63. The molecule has 2 aromatic rings. The fraction of sp³-hybridized carbons (Fsp3) is 0.235. The van der Waals surface area contributed by atoms with Gasteiger partial charge < -0.3 is 20.1 Å². The highest BCUT2D eigenvalue weighted by Gasteiger charge is 2.21. The fourth-order valence-corrected chi connectivity index (χ4v) is 2.54. The number of methoxy groups -OCH3 is 1. The number of fused-ring (bicyclic) bond motifs is 1. The Labute approximate surface area is 129 Å². The van der Waals surface area contributed by atoms with Gasteiger partial charge in [-0.15, -0.1) is 0 Å². The molecule has 0 amide bonds. The minimum atomic E-state index is -0.355. The SMILES string of the molecule is COC(=O)c1ccc2c(c1)N(c1ccc(CN)cc1)CCO2. The summed E-state index contributed by atoms with van der Waals surface area (Å²) in [6.45, 7) is 1.84. The normalized spacial score (nSPS) is 13.3. The van der Waals surface area contributed by atoms with Crippen molar-refractivity contribution in [3.63, 3.8) is 0 Å². The minimum Gasteiger partial charge on any atom is -0.490 e. The monoisotopic (exact) mass is 298 g/mol. The largest absolute Gasteiger partial charge is 0.490 e. The van der Waals surface area contributed by atoms with Gasteiger partial charge in [-0.1, -0.05) is 12.1 Å². The number of nitrogens with two attached hydrogens (primary N) is 1. The van der Waals surface area contributed by atoms with Gasteiger partial charge in [0.05, 0.1) is 24.9 Å². The Hall–Kier alpha value is -2.53. The van der Waals surface area contributed by atoms with E-state index in [-0.39, 0.29) is 5.97 Å². The first-order chi connectivity index (χ1) is 10.7. The van der Waals surface area contributed by atoms with Crippen LogP contribution in [0.1, 0.15) is 15.9 Å². The molecule has 114 valence electrons. The number of benzene rings is 2. The third-order valence-electron chi connectivity index (χ3n) is 3.73. The maximum Gasteiger partial charge on any atom is 0.337 e. The van der Waals surface area contributed by atoms with Crippen molar-refractivity contribution < 1.29 is 14.3 Å². The Morgan fingerprint density at radius 3 is 2.73 bits per heavy atom. The van der Waals surface area contributed by atoms with Crippen molar-refractivity contribution in [2.75, 3.05) is 25.2 Å². The van der Waals surface area contributed by atoms with E-state index >= 15 is 0 Å². The Morgan fingerprint density at radius 2 is 2.05 bits per heavy atom. The van der Waals surface area contributed by atoms with E-state index in [1.807, 2.05) is 30.3 Å². The van der Waals surface area contributed by atoms with Crippen molar-refractivity contribution in [1.29, 1.82) is 0 Å². The molecule has 1 aliphatic heterocycles. The predicted molar refractivity (Wildman–Crippen MR) is 84.6 cm³/mol. The lowest BCUT2D eigenvalue weighted by Gasteiger charge is -2.31. The van der Waals surface area contributed by atoms with Crippen molar-refractivity contribution in [3.05, 3.63) is 53.6 Å². The van der Waals surface area contributed by atoms with Crippen LogP contribution in [-0.2, 0) is 11.3 Å². The van der Waals surface area contributed by atoms with Crippen LogP contribution in [0.5, 0.6) is 5.75 Å². The molecule has 5 nitrogen and oxygen atoms in total. The molecule has 22 heavy (non-hydrogen) atoms. The molecule has 3 rings (SSSR count). The molecule has 0 radical (unpaired) electrons. The van der Waals surface area contributed by atoms with Crippen LogP contribution in [0, 0.1) is 0 Å². The lowest BCUT2D eigenvalue weighted by Crippen LogP contribution is -2.28. The highest BCUT2D eigenvalue weighted by molar-refractivity contribution is 5.91. The second-order valence-electron chi connectivity index (χ2n) is 5.04. The molecule has 5 heteroatoms. The molecule has 0 fully saturated rings. The summed E-state index contributed by atoms with van der Waals surface area (Å²) in [5, 5.41) is 0. The van der Waals surface area contributed by atoms with Crippen molar-refractivity contribution >= 4 is 17.3 Å². The Kier molecular flexibility index (Phi) is 3.98. The first-order valence-corrected chi connectivity index (χ1v) is 7.14. The number of esters is 1. The van der Waals surface area contributed by atoms with Crippen LogP contribution in [0.25, 0.3) is 0 Å². The molecule has 0 saturated heterocycles. The second-order valence-corrected chi connectivity index (χ2v) is 5.04. The molecule has 1 heterocycles. The van der Waals surface area contributed by atoms with E-state index in [9.17, 15) is 4.79 Å². The van der Waals surface area contributed by atoms with Gasteiger partial charge in [0.2, 0.25) is 0 Å². The van der Waals surface area contributed by atoms with Crippen LogP contribution in [0.2, 0.25) is 0 Å². The summed E-state index contributed by atoms with van der Waals surface area (Å²) in [6, 6.07) is 13.4. The van der Waals surface area contributed by atoms with E-state index in [1.54, 1.807) is 12.1 Å². The Balaban J connectivity index is 1.99. The summed E-state index contributed by atoms with van der Waals surface area (Å²) in [7, 11) is 1.38. The van der Waals surface area contributed by atoms with Crippen LogP contribution in [-0.4, -0.2) is 26.2 Å². The molecule has 1 aliphatic rings. The van der Waals surface area contributed by atoms with Gasteiger partial charge in [-0.2, -0.15) is 0 Å². The Bertz CT molecular complexity index is 683. The molecule has 2 aromatic carbocycles. The number of hydrogen-bond acceptors (Lipinski definition) is 5. The van der Waals surface area contributed by atoms with Crippen LogP contribution in [0.3, 0.4) is 0 Å². The number of rotatable bonds is 3. The summed E-state index contributed by atoms with van der Waals surface area (Å²) in [6.07, 6.45) is 0. The molecule has 0 aromatic heterocycles. The van der Waals surface area contributed by atoms with Gasteiger partial charge in [-0.25, -0.2) is 4.79 Å². The maximum absolute atomic E-state index is 11.7. The molecule has 0 atom stereocenters. The van der Waals surface area contributed by atoms with Gasteiger partial charge in [-0.3, -0.25) is 0 Å². The molecule has 2 N–H and O–H groups in total. The summed E-state index contributed by atoms with van der Waals surface area (Å²) >= 11 is 0. The number of nitrogens with zero attached hydrogens (tertiary/aromatic N) is 1. The standard InChI is InChI=1S/C17H18N2O3/c1-21-17(20)13-4-7-16-15(10-13)19(8-9-22-16)14-5-2-12(11-18)3-6-14/h2-7,10H,8-9,11,18H2,1H3. The molecule has 0 aliphatic carbocycles. The van der Waals surface area contributed by atoms with Crippen LogP contribution >= 0.6 is 0 Å². The zero-order valence-corrected chi connectivity index (χ0v) is 12.4. The first kappa shape index (κ1) is 14.4. The zero-order valence-electron chi connectivity index (χ0n) is 12.4. The second kappa shape index (κ2) is 6.07. The van der Waals surface area contributed by atoms with Crippen molar-refractivity contribution in [2.24, 2.45) is 5.73 Å². The first-order valence-electron chi connectivity index (χ1n) is 7.14. The number of carbonyl (C=O) groups excluding carboxylic acids is 1. The van der Waals surface area contributed by atoms with Gasteiger partial charge in [0.25, 0.3) is 0 Å². The van der Waals surface area contributed by atoms with Gasteiger partial charge in [0.1, 0.15) is 12.4 Å². The summed E-state index contributed by atoms with van der Waals surface area (Å²) < 4.78 is 10.5. The van der Waals surface area contributed by atoms with Gasteiger partial charge in [0.15, 0.2) is 0 Å². The highest BCUT2D eigenvalue weighted by Crippen LogP contribution is 2.37. The number of anilines is 2. The molecular formula is C17H18N2O3. The average Bonchev–Trinajstić information content (AvgIpc) is 2.60. The fourth-order valence-electron chi connectivity index (χ4n) is 2.54. The maximum atomic E-state index is 11.7. The number of ether oxygens (including phenoxy) is 2. The van der Waals surface area contributed by atoms with Gasteiger partial charge in [0, 0.05) is 12.2 Å². The van der Waals surface area contributed by atoms with E-state index < -0.39 is 0 Å². The lowest BCUT2D eigenvalue weighted by atomic mass is 10.1. The van der Waals surface area contributed by atoms with Crippen LogP contribution in [0.15, 0.2) is 42.5 Å². The average molecular weight is 298 g/mol. The van der Waals surface area contributed by atoms with Crippen LogP contribution < -0.4 is 15.4 Å². The van der Waals surface area contributed by atoms with E-state index in [4.69, 9.17) is 15.2 Å². The van der Waals surface area contributed by atoms with Crippen molar-refractivity contribution in [2.45, 2.75) is 6.54 Å². The van der Waals surface area contributed by atoms with E-state index in [2.05, 4.69) is 4.90 Å².